The number of aryl methyl sites for hydroxylation is 1. The zero-order valence-electron chi connectivity index (χ0n) is 17.4. The summed E-state index contributed by atoms with van der Waals surface area (Å²) < 4.78 is 18.4. The molecule has 6 rings (SSSR count). The Labute approximate surface area is 182 Å². The van der Waals surface area contributed by atoms with Crippen LogP contribution in [0.15, 0.2) is 97.3 Å². The molecular weight excluding hydrogens is 383 g/mol. The van der Waals surface area contributed by atoms with Gasteiger partial charge in [-0.2, -0.15) is 0 Å². The molecule has 4 aromatic rings. The molecule has 2 heteroatoms. The Kier molecular flexibility index (Phi) is 5.54. The summed E-state index contributed by atoms with van der Waals surface area (Å²) in [6.45, 7) is 0.733. The van der Waals surface area contributed by atoms with E-state index in [2.05, 4.69) is 54.6 Å². The summed E-state index contributed by atoms with van der Waals surface area (Å²) in [6, 6.07) is 24.8. The van der Waals surface area contributed by atoms with Crippen molar-refractivity contribution in [3.8, 4) is 0 Å². The zero-order valence-corrected chi connectivity index (χ0v) is 17.4. The average molecular weight is 409 g/mol. The summed E-state index contributed by atoms with van der Waals surface area (Å²) in [5, 5.41) is 5.35. The van der Waals surface area contributed by atoms with Crippen molar-refractivity contribution in [3.63, 3.8) is 0 Å². The smallest absolute Gasteiger partial charge is 0.123 e. The van der Waals surface area contributed by atoms with Gasteiger partial charge in [0.25, 0.3) is 0 Å². The van der Waals surface area contributed by atoms with Crippen molar-refractivity contribution >= 4 is 21.5 Å². The first-order valence-corrected chi connectivity index (χ1v) is 10.9. The summed E-state index contributed by atoms with van der Waals surface area (Å²) in [5.74, 6) is 0.286. The first-order chi connectivity index (χ1) is 15.3. The molecule has 0 amide bonds. The Balaban J connectivity index is 0.000000296. The largest absolute Gasteiger partial charge is 0.497 e. The fourth-order valence-corrected chi connectivity index (χ4v) is 4.76. The maximum absolute atomic E-state index is 13.6. The molecule has 1 nitrogen and oxygen atoms in total. The van der Waals surface area contributed by atoms with Crippen molar-refractivity contribution in [3.05, 3.63) is 120 Å². The number of rotatable bonds is 1. The van der Waals surface area contributed by atoms with Crippen LogP contribution in [-0.4, -0.2) is 6.61 Å². The number of benzene rings is 4. The van der Waals surface area contributed by atoms with Crippen LogP contribution in [0.25, 0.3) is 21.5 Å². The van der Waals surface area contributed by atoms with Crippen LogP contribution in [0.2, 0.25) is 0 Å². The van der Waals surface area contributed by atoms with Gasteiger partial charge < -0.3 is 4.74 Å². The van der Waals surface area contributed by atoms with E-state index < -0.39 is 0 Å². The second-order valence-corrected chi connectivity index (χ2v) is 8.17. The van der Waals surface area contributed by atoms with Gasteiger partial charge in [0.15, 0.2) is 0 Å². The lowest BCUT2D eigenvalue weighted by Gasteiger charge is -2.26. The molecule has 0 bridgehead atoms. The van der Waals surface area contributed by atoms with Gasteiger partial charge in [-0.3, -0.25) is 0 Å². The minimum Gasteiger partial charge on any atom is -0.497 e. The molecule has 0 saturated carbocycles. The minimum absolute atomic E-state index is 0.131. The lowest BCUT2D eigenvalue weighted by Crippen LogP contribution is -2.13. The van der Waals surface area contributed by atoms with Gasteiger partial charge in [0.05, 0.1) is 6.26 Å². The SMILES string of the molecule is C1=CCOC=C1.Fc1cccc(C2CCc3c(ccc4c3ccc3ccccc34)C2)c1. The van der Waals surface area contributed by atoms with Gasteiger partial charge in [0, 0.05) is 0 Å². The number of ether oxygens (including phenoxy) is 1. The molecule has 0 fully saturated rings. The molecule has 0 aromatic heterocycles. The third-order valence-corrected chi connectivity index (χ3v) is 6.28. The lowest BCUT2D eigenvalue weighted by molar-refractivity contribution is 0.286. The maximum Gasteiger partial charge on any atom is 0.123 e. The first-order valence-electron chi connectivity index (χ1n) is 10.9. The second kappa shape index (κ2) is 8.77. The van der Waals surface area contributed by atoms with Crippen molar-refractivity contribution < 1.29 is 9.13 Å². The van der Waals surface area contributed by atoms with Crippen LogP contribution in [0.5, 0.6) is 0 Å². The monoisotopic (exact) mass is 408 g/mol. The van der Waals surface area contributed by atoms with E-state index in [9.17, 15) is 4.39 Å². The molecule has 0 radical (unpaired) electrons. The van der Waals surface area contributed by atoms with Crippen LogP contribution in [0, 0.1) is 5.82 Å². The molecule has 1 unspecified atom stereocenters. The Morgan fingerprint density at radius 1 is 0.806 bits per heavy atom. The van der Waals surface area contributed by atoms with Crippen LogP contribution in [0.4, 0.5) is 4.39 Å². The van der Waals surface area contributed by atoms with E-state index in [1.54, 1.807) is 12.3 Å². The quantitative estimate of drug-likeness (QED) is 0.296. The molecule has 1 heterocycles. The maximum atomic E-state index is 13.6. The highest BCUT2D eigenvalue weighted by Crippen LogP contribution is 2.38. The Morgan fingerprint density at radius 3 is 2.48 bits per heavy atom. The van der Waals surface area contributed by atoms with E-state index in [-0.39, 0.29) is 5.82 Å². The summed E-state index contributed by atoms with van der Waals surface area (Å²) in [5.41, 5.74) is 4.03. The van der Waals surface area contributed by atoms with Gasteiger partial charge in [-0.25, -0.2) is 4.39 Å². The number of allylic oxidation sites excluding steroid dienone is 2. The number of fused-ring (bicyclic) bond motifs is 5. The fraction of sp³-hybridized carbons (Fsp3) is 0.172. The minimum atomic E-state index is -0.131. The molecule has 2 aliphatic rings. The second-order valence-electron chi connectivity index (χ2n) is 8.17. The van der Waals surface area contributed by atoms with Crippen molar-refractivity contribution in [1.29, 1.82) is 0 Å². The molecule has 1 aliphatic heterocycles. The molecular formula is C29H25FO. The normalized spacial score (nSPS) is 17.0. The van der Waals surface area contributed by atoms with Gasteiger partial charge >= 0.3 is 0 Å². The highest BCUT2D eigenvalue weighted by atomic mass is 19.1. The molecule has 0 N–H and O–H groups in total. The molecule has 31 heavy (non-hydrogen) atoms. The van der Waals surface area contributed by atoms with E-state index in [1.165, 1.54) is 38.7 Å². The third-order valence-electron chi connectivity index (χ3n) is 6.28. The lowest BCUT2D eigenvalue weighted by atomic mass is 9.78. The Bertz CT molecular complexity index is 1270. The van der Waals surface area contributed by atoms with Crippen LogP contribution >= 0.6 is 0 Å². The van der Waals surface area contributed by atoms with Crippen LogP contribution in [0.1, 0.15) is 29.0 Å². The molecule has 1 aliphatic carbocycles. The van der Waals surface area contributed by atoms with E-state index in [0.717, 1.165) is 31.4 Å². The molecule has 0 saturated heterocycles. The van der Waals surface area contributed by atoms with Crippen molar-refractivity contribution in [2.45, 2.75) is 25.2 Å². The van der Waals surface area contributed by atoms with E-state index >= 15 is 0 Å². The Morgan fingerprint density at radius 2 is 1.71 bits per heavy atom. The number of hydrogen-bond acceptors (Lipinski definition) is 1. The summed E-state index contributed by atoms with van der Waals surface area (Å²) >= 11 is 0. The Hall–Kier alpha value is -3.39. The number of hydrogen-bond donors (Lipinski definition) is 0. The predicted molar refractivity (Wildman–Crippen MR) is 127 cm³/mol. The standard InChI is InChI=1S/C24H19F.C5H6O/c25-20-6-3-5-17(15-20)18-9-11-22-19(14-18)10-13-23-21-7-2-1-4-16(21)8-12-24(22)23;1-2-4-6-5-3-1/h1-8,10,12-13,15,18H,9,11,14H2;1-4H,5H2. The van der Waals surface area contributed by atoms with E-state index in [4.69, 9.17) is 4.74 Å². The summed E-state index contributed by atoms with van der Waals surface area (Å²) in [6.07, 6.45) is 10.6. The molecule has 4 aromatic carbocycles. The van der Waals surface area contributed by atoms with E-state index in [0.29, 0.717) is 5.92 Å². The van der Waals surface area contributed by atoms with Crippen LogP contribution in [0.3, 0.4) is 0 Å². The first kappa shape index (κ1) is 19.6. The zero-order chi connectivity index (χ0) is 21.0. The van der Waals surface area contributed by atoms with Crippen LogP contribution < -0.4 is 0 Å². The number of halogens is 1. The summed E-state index contributed by atoms with van der Waals surface area (Å²) in [7, 11) is 0. The predicted octanol–water partition coefficient (Wildman–Crippen LogP) is 7.49. The van der Waals surface area contributed by atoms with Crippen molar-refractivity contribution in [2.24, 2.45) is 0 Å². The molecule has 1 atom stereocenters. The highest BCUT2D eigenvalue weighted by molar-refractivity contribution is 6.08. The third kappa shape index (κ3) is 4.11. The molecule has 154 valence electrons. The van der Waals surface area contributed by atoms with Gasteiger partial charge in [-0.05, 0) is 87.7 Å². The fourth-order valence-electron chi connectivity index (χ4n) is 4.76. The van der Waals surface area contributed by atoms with Gasteiger partial charge in [-0.15, -0.1) is 0 Å². The molecule has 0 spiro atoms. The van der Waals surface area contributed by atoms with Crippen molar-refractivity contribution in [2.75, 3.05) is 6.61 Å². The van der Waals surface area contributed by atoms with E-state index in [1.807, 2.05) is 24.3 Å². The topological polar surface area (TPSA) is 9.23 Å². The van der Waals surface area contributed by atoms with Crippen molar-refractivity contribution in [1.82, 2.24) is 0 Å². The highest BCUT2D eigenvalue weighted by Gasteiger charge is 2.22. The van der Waals surface area contributed by atoms with Gasteiger partial charge in [-0.1, -0.05) is 66.7 Å². The average Bonchev–Trinajstić information content (AvgIpc) is 2.85. The summed E-state index contributed by atoms with van der Waals surface area (Å²) in [4.78, 5) is 0. The van der Waals surface area contributed by atoms with Gasteiger partial charge in [0.1, 0.15) is 12.4 Å². The van der Waals surface area contributed by atoms with Crippen LogP contribution in [-0.2, 0) is 17.6 Å². The van der Waals surface area contributed by atoms with Gasteiger partial charge in [0.2, 0.25) is 0 Å².